The van der Waals surface area contributed by atoms with E-state index in [2.05, 4.69) is 15.7 Å². The van der Waals surface area contributed by atoms with E-state index in [-0.39, 0.29) is 36.3 Å². The van der Waals surface area contributed by atoms with Gasteiger partial charge >= 0.3 is 0 Å². The van der Waals surface area contributed by atoms with Gasteiger partial charge in [0.1, 0.15) is 11.5 Å². The van der Waals surface area contributed by atoms with Crippen molar-refractivity contribution in [3.63, 3.8) is 0 Å². The van der Waals surface area contributed by atoms with Gasteiger partial charge < -0.3 is 20.4 Å². The lowest BCUT2D eigenvalue weighted by atomic mass is 10.2. The van der Waals surface area contributed by atoms with Crippen LogP contribution in [0.4, 0.5) is 4.39 Å². The molecule has 0 fully saturated rings. The number of amides is 3. The average molecular weight is 445 g/mol. The molecule has 1 aromatic carbocycles. The Balaban J connectivity index is 1.55. The number of rotatable bonds is 9. The molecule has 2 heterocycles. The Hall–Kier alpha value is -3.27. The number of likely N-dealkylation sites (N-methyl/N-ethyl adjacent to an activating group) is 1. The molecule has 1 aliphatic heterocycles. The molecule has 0 radical (unpaired) electrons. The predicted octanol–water partition coefficient (Wildman–Crippen LogP) is 0.866. The van der Waals surface area contributed by atoms with Gasteiger partial charge in [-0.05, 0) is 38.2 Å². The van der Waals surface area contributed by atoms with E-state index < -0.39 is 5.91 Å². The molecule has 3 rings (SSSR count). The number of hydrogen-bond donors (Lipinski definition) is 2. The standard InChI is InChI=1S/C22H29FN6O3/c1-27(2)13-10-24-20(30)8-9-25-21(31)18-14-19-22(32)28(11-3-12-29(19)26-18)15-16-4-6-17(23)7-5-16/h4-7,14H,3,8-13,15H2,1-2H3,(H,24,30)(H,25,31). The van der Waals surface area contributed by atoms with Crippen LogP contribution in [0.2, 0.25) is 0 Å². The summed E-state index contributed by atoms with van der Waals surface area (Å²) in [6, 6.07) is 7.53. The average Bonchev–Trinajstić information content (AvgIpc) is 3.12. The molecule has 0 unspecified atom stereocenters. The van der Waals surface area contributed by atoms with Crippen LogP contribution in [0.15, 0.2) is 30.3 Å². The Labute approximate surface area is 186 Å². The molecule has 0 spiro atoms. The molecule has 0 aliphatic carbocycles. The highest BCUT2D eigenvalue weighted by Crippen LogP contribution is 2.17. The van der Waals surface area contributed by atoms with E-state index in [1.54, 1.807) is 21.7 Å². The fourth-order valence-corrected chi connectivity index (χ4v) is 3.39. The number of carbonyl (C=O) groups is 3. The third-order valence-corrected chi connectivity index (χ3v) is 5.12. The molecule has 0 saturated carbocycles. The van der Waals surface area contributed by atoms with Gasteiger partial charge in [-0.25, -0.2) is 4.39 Å². The highest BCUT2D eigenvalue weighted by molar-refractivity contribution is 5.98. The number of fused-ring (bicyclic) bond motifs is 1. The van der Waals surface area contributed by atoms with Gasteiger partial charge in [-0.3, -0.25) is 19.1 Å². The molecule has 2 aromatic rings. The van der Waals surface area contributed by atoms with E-state index in [0.29, 0.717) is 38.3 Å². The van der Waals surface area contributed by atoms with E-state index in [1.807, 2.05) is 19.0 Å². The molecular formula is C22H29FN6O3. The number of carbonyl (C=O) groups excluding carboxylic acids is 3. The Kier molecular flexibility index (Phi) is 7.93. The first-order chi connectivity index (χ1) is 15.3. The SMILES string of the molecule is CN(C)CCNC(=O)CCNC(=O)c1cc2n(n1)CCCN(Cc1ccc(F)cc1)C2=O. The summed E-state index contributed by atoms with van der Waals surface area (Å²) in [5, 5.41) is 9.75. The monoisotopic (exact) mass is 444 g/mol. The Morgan fingerprint density at radius 1 is 1.12 bits per heavy atom. The third kappa shape index (κ3) is 6.36. The minimum absolute atomic E-state index is 0.139. The largest absolute Gasteiger partial charge is 0.355 e. The molecule has 1 aromatic heterocycles. The number of halogens is 1. The van der Waals surface area contributed by atoms with Crippen molar-refractivity contribution < 1.29 is 18.8 Å². The van der Waals surface area contributed by atoms with Crippen LogP contribution in [0.1, 0.15) is 39.4 Å². The zero-order valence-corrected chi connectivity index (χ0v) is 18.4. The molecule has 172 valence electrons. The van der Waals surface area contributed by atoms with Crippen LogP contribution in [0, 0.1) is 5.82 Å². The van der Waals surface area contributed by atoms with Crippen LogP contribution in [-0.4, -0.2) is 77.6 Å². The van der Waals surface area contributed by atoms with Crippen molar-refractivity contribution in [1.29, 1.82) is 0 Å². The zero-order chi connectivity index (χ0) is 23.1. The van der Waals surface area contributed by atoms with E-state index in [4.69, 9.17) is 0 Å². The van der Waals surface area contributed by atoms with Gasteiger partial charge in [0.2, 0.25) is 5.91 Å². The molecule has 10 heteroatoms. The van der Waals surface area contributed by atoms with Crippen LogP contribution in [-0.2, 0) is 17.9 Å². The second-order valence-corrected chi connectivity index (χ2v) is 8.00. The van der Waals surface area contributed by atoms with Crippen molar-refractivity contribution in [1.82, 2.24) is 30.2 Å². The first-order valence-electron chi connectivity index (χ1n) is 10.6. The molecular weight excluding hydrogens is 415 g/mol. The lowest BCUT2D eigenvalue weighted by Gasteiger charge is -2.20. The second-order valence-electron chi connectivity index (χ2n) is 8.00. The van der Waals surface area contributed by atoms with Crippen molar-refractivity contribution in [2.75, 3.05) is 40.3 Å². The first kappa shape index (κ1) is 23.4. The van der Waals surface area contributed by atoms with Gasteiger partial charge in [0.25, 0.3) is 11.8 Å². The Morgan fingerprint density at radius 3 is 2.59 bits per heavy atom. The summed E-state index contributed by atoms with van der Waals surface area (Å²) in [6.45, 7) is 2.88. The maximum Gasteiger partial charge on any atom is 0.272 e. The summed E-state index contributed by atoms with van der Waals surface area (Å²) in [6.07, 6.45) is 0.854. The molecule has 3 amide bonds. The number of nitrogens with one attached hydrogen (secondary N) is 2. The molecule has 0 bridgehead atoms. The van der Waals surface area contributed by atoms with E-state index in [1.165, 1.54) is 18.2 Å². The summed E-state index contributed by atoms with van der Waals surface area (Å²) < 4.78 is 14.7. The quantitative estimate of drug-likeness (QED) is 0.598. The Bertz CT molecular complexity index is 957. The van der Waals surface area contributed by atoms with Gasteiger partial charge in [0, 0.05) is 51.8 Å². The second kappa shape index (κ2) is 10.9. The zero-order valence-electron chi connectivity index (χ0n) is 18.4. The molecule has 0 saturated heterocycles. The van der Waals surface area contributed by atoms with Gasteiger partial charge in [-0.15, -0.1) is 0 Å². The van der Waals surface area contributed by atoms with Crippen LogP contribution < -0.4 is 10.6 Å². The predicted molar refractivity (Wildman–Crippen MR) is 116 cm³/mol. The minimum atomic E-state index is -0.426. The molecule has 0 atom stereocenters. The summed E-state index contributed by atoms with van der Waals surface area (Å²) in [5.74, 6) is -1.11. The molecule has 32 heavy (non-hydrogen) atoms. The van der Waals surface area contributed by atoms with Crippen LogP contribution in [0.5, 0.6) is 0 Å². The highest BCUT2D eigenvalue weighted by Gasteiger charge is 2.26. The van der Waals surface area contributed by atoms with Crippen molar-refractivity contribution in [3.05, 3.63) is 53.1 Å². The lowest BCUT2D eigenvalue weighted by molar-refractivity contribution is -0.120. The van der Waals surface area contributed by atoms with Crippen molar-refractivity contribution >= 4 is 17.7 Å². The Morgan fingerprint density at radius 2 is 1.88 bits per heavy atom. The normalized spacial score (nSPS) is 13.6. The maximum absolute atomic E-state index is 13.1. The smallest absolute Gasteiger partial charge is 0.272 e. The first-order valence-corrected chi connectivity index (χ1v) is 10.6. The summed E-state index contributed by atoms with van der Waals surface area (Å²) in [7, 11) is 3.84. The summed E-state index contributed by atoms with van der Waals surface area (Å²) in [5.41, 5.74) is 1.32. The van der Waals surface area contributed by atoms with E-state index in [0.717, 1.165) is 12.1 Å². The highest BCUT2D eigenvalue weighted by atomic mass is 19.1. The third-order valence-electron chi connectivity index (χ3n) is 5.12. The van der Waals surface area contributed by atoms with E-state index in [9.17, 15) is 18.8 Å². The fraction of sp³-hybridized carbons (Fsp3) is 0.455. The number of nitrogens with zero attached hydrogens (tertiary/aromatic N) is 4. The van der Waals surface area contributed by atoms with Crippen LogP contribution >= 0.6 is 0 Å². The number of hydrogen-bond acceptors (Lipinski definition) is 5. The van der Waals surface area contributed by atoms with Crippen LogP contribution in [0.3, 0.4) is 0 Å². The topological polar surface area (TPSA) is 99.6 Å². The number of benzene rings is 1. The molecule has 1 aliphatic rings. The molecule has 9 nitrogen and oxygen atoms in total. The van der Waals surface area contributed by atoms with Gasteiger partial charge in [0.05, 0.1) is 0 Å². The van der Waals surface area contributed by atoms with Crippen LogP contribution in [0.25, 0.3) is 0 Å². The van der Waals surface area contributed by atoms with Gasteiger partial charge in [-0.2, -0.15) is 5.10 Å². The van der Waals surface area contributed by atoms with Gasteiger partial charge in [0.15, 0.2) is 5.69 Å². The summed E-state index contributed by atoms with van der Waals surface area (Å²) in [4.78, 5) is 40.9. The van der Waals surface area contributed by atoms with Crippen molar-refractivity contribution in [2.24, 2.45) is 0 Å². The maximum atomic E-state index is 13.1. The van der Waals surface area contributed by atoms with Crippen molar-refractivity contribution in [3.8, 4) is 0 Å². The minimum Gasteiger partial charge on any atom is -0.355 e. The number of aryl methyl sites for hydroxylation is 1. The summed E-state index contributed by atoms with van der Waals surface area (Å²) >= 11 is 0. The number of aromatic nitrogens is 2. The van der Waals surface area contributed by atoms with Gasteiger partial charge in [-0.1, -0.05) is 12.1 Å². The van der Waals surface area contributed by atoms with E-state index >= 15 is 0 Å². The lowest BCUT2D eigenvalue weighted by Crippen LogP contribution is -2.34. The fourth-order valence-electron chi connectivity index (χ4n) is 3.39. The van der Waals surface area contributed by atoms with Crippen molar-refractivity contribution in [2.45, 2.75) is 25.9 Å². The molecule has 2 N–H and O–H groups in total.